The summed E-state index contributed by atoms with van der Waals surface area (Å²) in [6.45, 7) is 2.03. The Morgan fingerprint density at radius 3 is 2.44 bits per heavy atom. The van der Waals surface area contributed by atoms with Crippen molar-refractivity contribution in [3.8, 4) is 0 Å². The molecular formula is C12H24N2O3S. The van der Waals surface area contributed by atoms with E-state index >= 15 is 0 Å². The van der Waals surface area contributed by atoms with E-state index in [1.807, 2.05) is 0 Å². The Kier molecular flexibility index (Phi) is 5.00. The van der Waals surface area contributed by atoms with Crippen LogP contribution >= 0.6 is 0 Å². The van der Waals surface area contributed by atoms with E-state index in [0.29, 0.717) is 25.6 Å². The fourth-order valence-electron chi connectivity index (χ4n) is 2.32. The molecule has 18 heavy (non-hydrogen) atoms. The summed E-state index contributed by atoms with van der Waals surface area (Å²) in [6.07, 6.45) is 5.07. The smallest absolute Gasteiger partial charge is 0.214 e. The van der Waals surface area contributed by atoms with Crippen molar-refractivity contribution in [2.75, 3.05) is 32.5 Å². The summed E-state index contributed by atoms with van der Waals surface area (Å²) in [5.74, 6) is 0.268. The third-order valence-electron chi connectivity index (χ3n) is 3.72. The molecule has 0 atom stereocenters. The van der Waals surface area contributed by atoms with Crippen LogP contribution in [0, 0.1) is 0 Å². The van der Waals surface area contributed by atoms with Gasteiger partial charge in [-0.3, -0.25) is 0 Å². The highest BCUT2D eigenvalue weighted by Crippen LogP contribution is 2.19. The Morgan fingerprint density at radius 2 is 1.89 bits per heavy atom. The Morgan fingerprint density at radius 1 is 1.22 bits per heavy atom. The van der Waals surface area contributed by atoms with Crippen LogP contribution in [-0.4, -0.2) is 57.4 Å². The fraction of sp³-hybridized carbons (Fsp3) is 1.00. The van der Waals surface area contributed by atoms with Crippen molar-refractivity contribution in [3.05, 3.63) is 0 Å². The highest BCUT2D eigenvalue weighted by atomic mass is 32.2. The average Bonchev–Trinajstić information content (AvgIpc) is 3.19. The van der Waals surface area contributed by atoms with E-state index in [1.165, 1.54) is 12.8 Å². The van der Waals surface area contributed by atoms with Crippen molar-refractivity contribution in [1.29, 1.82) is 0 Å². The molecule has 5 nitrogen and oxygen atoms in total. The Labute approximate surface area is 110 Å². The van der Waals surface area contributed by atoms with Gasteiger partial charge in [-0.1, -0.05) is 0 Å². The molecule has 0 aromatic carbocycles. The van der Waals surface area contributed by atoms with Crippen molar-refractivity contribution in [2.24, 2.45) is 0 Å². The zero-order valence-corrected chi connectivity index (χ0v) is 11.9. The standard InChI is InChI=1S/C12H24N2O3S/c1-17-12-5-8-14(9-6-12)18(15,16)10-2-7-13-11-3-4-11/h11-13H,2-10H2,1H3. The van der Waals surface area contributed by atoms with Gasteiger partial charge in [0, 0.05) is 26.2 Å². The van der Waals surface area contributed by atoms with Crippen molar-refractivity contribution >= 4 is 10.0 Å². The van der Waals surface area contributed by atoms with E-state index < -0.39 is 10.0 Å². The first-order valence-electron chi connectivity index (χ1n) is 6.86. The second-order valence-electron chi connectivity index (χ2n) is 5.23. The molecule has 0 aromatic rings. The highest BCUT2D eigenvalue weighted by molar-refractivity contribution is 7.89. The minimum absolute atomic E-state index is 0.230. The molecule has 106 valence electrons. The Bertz CT molecular complexity index is 346. The molecule has 1 heterocycles. The van der Waals surface area contributed by atoms with Gasteiger partial charge in [0.2, 0.25) is 10.0 Å². The lowest BCUT2D eigenvalue weighted by Crippen LogP contribution is -2.42. The van der Waals surface area contributed by atoms with Crippen molar-refractivity contribution in [2.45, 2.75) is 44.2 Å². The van der Waals surface area contributed by atoms with E-state index in [-0.39, 0.29) is 11.9 Å². The second kappa shape index (κ2) is 6.32. The van der Waals surface area contributed by atoms with Gasteiger partial charge in [-0.25, -0.2) is 12.7 Å². The van der Waals surface area contributed by atoms with Crippen molar-refractivity contribution < 1.29 is 13.2 Å². The van der Waals surface area contributed by atoms with E-state index in [4.69, 9.17) is 4.74 Å². The lowest BCUT2D eigenvalue weighted by atomic mass is 10.1. The summed E-state index contributed by atoms with van der Waals surface area (Å²) in [5, 5.41) is 3.35. The van der Waals surface area contributed by atoms with E-state index in [1.54, 1.807) is 11.4 Å². The minimum Gasteiger partial charge on any atom is -0.381 e. The molecule has 2 rings (SSSR count). The maximum atomic E-state index is 12.1. The first kappa shape index (κ1) is 14.2. The molecule has 1 N–H and O–H groups in total. The van der Waals surface area contributed by atoms with E-state index in [0.717, 1.165) is 19.4 Å². The molecule has 6 heteroatoms. The van der Waals surface area contributed by atoms with Crippen LogP contribution in [0.5, 0.6) is 0 Å². The van der Waals surface area contributed by atoms with Gasteiger partial charge in [0.25, 0.3) is 0 Å². The van der Waals surface area contributed by atoms with Crippen molar-refractivity contribution in [1.82, 2.24) is 9.62 Å². The molecule has 1 saturated heterocycles. The summed E-state index contributed by atoms with van der Waals surface area (Å²) in [4.78, 5) is 0. The van der Waals surface area contributed by atoms with Crippen LogP contribution in [-0.2, 0) is 14.8 Å². The predicted molar refractivity (Wildman–Crippen MR) is 71.0 cm³/mol. The molecule has 0 radical (unpaired) electrons. The fourth-order valence-corrected chi connectivity index (χ4v) is 3.86. The number of hydrogen-bond acceptors (Lipinski definition) is 4. The first-order valence-corrected chi connectivity index (χ1v) is 8.47. The molecular weight excluding hydrogens is 252 g/mol. The normalized spacial score (nSPS) is 23.4. The SMILES string of the molecule is COC1CCN(S(=O)(=O)CCCNC2CC2)CC1. The third kappa shape index (κ3) is 4.19. The predicted octanol–water partition coefficient (Wildman–Crippen LogP) is 0.569. The van der Waals surface area contributed by atoms with Crippen LogP contribution in [0.4, 0.5) is 0 Å². The lowest BCUT2D eigenvalue weighted by Gasteiger charge is -2.30. The molecule has 0 spiro atoms. The molecule has 2 fully saturated rings. The number of ether oxygens (including phenoxy) is 1. The first-order chi connectivity index (χ1) is 8.62. The molecule has 2 aliphatic rings. The number of sulfonamides is 1. The van der Waals surface area contributed by atoms with Gasteiger partial charge in [-0.05, 0) is 38.6 Å². The maximum Gasteiger partial charge on any atom is 0.214 e. The number of piperidine rings is 1. The van der Waals surface area contributed by atoms with Gasteiger partial charge in [0.1, 0.15) is 0 Å². The summed E-state index contributed by atoms with van der Waals surface area (Å²) in [6, 6.07) is 0.658. The van der Waals surface area contributed by atoms with Gasteiger partial charge in [-0.2, -0.15) is 0 Å². The van der Waals surface area contributed by atoms with Crippen LogP contribution in [0.1, 0.15) is 32.1 Å². The molecule has 0 aromatic heterocycles. The van der Waals surface area contributed by atoms with E-state index in [2.05, 4.69) is 5.32 Å². The van der Waals surface area contributed by atoms with Crippen molar-refractivity contribution in [3.63, 3.8) is 0 Å². The number of hydrogen-bond donors (Lipinski definition) is 1. The summed E-state index contributed by atoms with van der Waals surface area (Å²) in [5.41, 5.74) is 0. The molecule has 1 aliphatic heterocycles. The average molecular weight is 276 g/mol. The number of rotatable bonds is 7. The molecule has 0 amide bonds. The Hall–Kier alpha value is -0.170. The van der Waals surface area contributed by atoms with Crippen LogP contribution in [0.15, 0.2) is 0 Å². The minimum atomic E-state index is -3.05. The van der Waals surface area contributed by atoms with E-state index in [9.17, 15) is 8.42 Å². The van der Waals surface area contributed by atoms with Gasteiger partial charge in [0.15, 0.2) is 0 Å². The number of nitrogens with one attached hydrogen (secondary N) is 1. The van der Waals surface area contributed by atoms with Gasteiger partial charge >= 0.3 is 0 Å². The molecule has 0 unspecified atom stereocenters. The highest BCUT2D eigenvalue weighted by Gasteiger charge is 2.27. The second-order valence-corrected chi connectivity index (χ2v) is 7.32. The summed E-state index contributed by atoms with van der Waals surface area (Å²) < 4.78 is 31.1. The lowest BCUT2D eigenvalue weighted by molar-refractivity contribution is 0.0604. The largest absolute Gasteiger partial charge is 0.381 e. The molecule has 1 aliphatic carbocycles. The summed E-state index contributed by atoms with van der Waals surface area (Å²) >= 11 is 0. The van der Waals surface area contributed by atoms with Crippen LogP contribution in [0.2, 0.25) is 0 Å². The van der Waals surface area contributed by atoms with Gasteiger partial charge in [0.05, 0.1) is 11.9 Å². The van der Waals surface area contributed by atoms with Crippen LogP contribution in [0.3, 0.4) is 0 Å². The topological polar surface area (TPSA) is 58.6 Å². The quantitative estimate of drug-likeness (QED) is 0.691. The summed E-state index contributed by atoms with van der Waals surface area (Å²) in [7, 11) is -1.36. The zero-order chi connectivity index (χ0) is 13.0. The van der Waals surface area contributed by atoms with Crippen LogP contribution in [0.25, 0.3) is 0 Å². The van der Waals surface area contributed by atoms with Crippen LogP contribution < -0.4 is 5.32 Å². The van der Waals surface area contributed by atoms with Gasteiger partial charge in [-0.15, -0.1) is 0 Å². The van der Waals surface area contributed by atoms with Gasteiger partial charge < -0.3 is 10.1 Å². The Balaban J connectivity index is 1.68. The monoisotopic (exact) mass is 276 g/mol. The maximum absolute atomic E-state index is 12.1. The number of nitrogens with zero attached hydrogens (tertiary/aromatic N) is 1. The molecule has 1 saturated carbocycles. The molecule has 0 bridgehead atoms. The zero-order valence-electron chi connectivity index (χ0n) is 11.1. The number of methoxy groups -OCH3 is 1. The third-order valence-corrected chi connectivity index (χ3v) is 5.67.